The highest BCUT2D eigenvalue weighted by Gasteiger charge is 2.23. The second-order valence-electron chi connectivity index (χ2n) is 4.83. The fraction of sp³-hybridized carbons (Fsp3) is 0.643. The zero-order valence-corrected chi connectivity index (χ0v) is 12.4. The summed E-state index contributed by atoms with van der Waals surface area (Å²) in [6, 6.07) is 4.39. The van der Waals surface area contributed by atoms with Crippen molar-refractivity contribution in [3.05, 3.63) is 23.4 Å². The van der Waals surface area contributed by atoms with Crippen LogP contribution in [0.25, 0.3) is 0 Å². The number of hydrogen-bond acceptors (Lipinski definition) is 3. The van der Waals surface area contributed by atoms with Gasteiger partial charge in [-0.2, -0.15) is 0 Å². The number of nitrogens with zero attached hydrogens (tertiary/aromatic N) is 1. The molecule has 18 heavy (non-hydrogen) atoms. The number of halogens is 1. The van der Waals surface area contributed by atoms with Crippen molar-refractivity contribution >= 4 is 23.4 Å². The average molecular weight is 285 g/mol. The fourth-order valence-corrected chi connectivity index (χ4v) is 4.09. The van der Waals surface area contributed by atoms with Crippen LogP contribution in [-0.2, 0) is 0 Å². The summed E-state index contributed by atoms with van der Waals surface area (Å²) in [5.41, 5.74) is 0. The maximum Gasteiger partial charge on any atom is 0.115 e. The van der Waals surface area contributed by atoms with Crippen molar-refractivity contribution in [2.45, 2.75) is 54.8 Å². The molecule has 1 aromatic heterocycles. The van der Waals surface area contributed by atoms with E-state index < -0.39 is 0 Å². The SMILES string of the molecule is CNC1CCCCCCC1Sc1ncccc1Cl. The number of aromatic nitrogens is 1. The summed E-state index contributed by atoms with van der Waals surface area (Å²) < 4.78 is 0. The molecular weight excluding hydrogens is 264 g/mol. The molecule has 1 N–H and O–H groups in total. The minimum atomic E-state index is 0.577. The van der Waals surface area contributed by atoms with Gasteiger partial charge in [0.25, 0.3) is 0 Å². The predicted molar refractivity (Wildman–Crippen MR) is 79.4 cm³/mol. The highest BCUT2D eigenvalue weighted by molar-refractivity contribution is 8.00. The van der Waals surface area contributed by atoms with Crippen LogP contribution in [0, 0.1) is 0 Å². The highest BCUT2D eigenvalue weighted by atomic mass is 35.5. The van der Waals surface area contributed by atoms with Crippen molar-refractivity contribution in [3.8, 4) is 0 Å². The summed E-state index contributed by atoms with van der Waals surface area (Å²) in [4.78, 5) is 4.40. The Morgan fingerprint density at radius 1 is 1.28 bits per heavy atom. The summed E-state index contributed by atoms with van der Waals surface area (Å²) in [7, 11) is 2.07. The average Bonchev–Trinajstić information content (AvgIpc) is 2.35. The van der Waals surface area contributed by atoms with E-state index in [-0.39, 0.29) is 0 Å². The molecule has 0 radical (unpaired) electrons. The van der Waals surface area contributed by atoms with E-state index in [1.54, 1.807) is 0 Å². The Morgan fingerprint density at radius 3 is 2.78 bits per heavy atom. The molecule has 0 spiro atoms. The highest BCUT2D eigenvalue weighted by Crippen LogP contribution is 2.34. The smallest absolute Gasteiger partial charge is 0.115 e. The molecule has 2 atom stereocenters. The molecule has 2 rings (SSSR count). The summed E-state index contributed by atoms with van der Waals surface area (Å²) in [6.45, 7) is 0. The van der Waals surface area contributed by atoms with Gasteiger partial charge in [-0.05, 0) is 32.0 Å². The molecule has 1 aliphatic carbocycles. The van der Waals surface area contributed by atoms with Crippen molar-refractivity contribution in [1.82, 2.24) is 10.3 Å². The topological polar surface area (TPSA) is 24.9 Å². The molecule has 0 aliphatic heterocycles. The zero-order valence-electron chi connectivity index (χ0n) is 10.9. The van der Waals surface area contributed by atoms with Gasteiger partial charge >= 0.3 is 0 Å². The summed E-state index contributed by atoms with van der Waals surface area (Å²) in [5, 5.41) is 5.81. The third-order valence-corrected chi connectivity index (χ3v) is 5.39. The van der Waals surface area contributed by atoms with Crippen molar-refractivity contribution in [3.63, 3.8) is 0 Å². The van der Waals surface area contributed by atoms with E-state index in [9.17, 15) is 0 Å². The van der Waals surface area contributed by atoms with Crippen molar-refractivity contribution < 1.29 is 0 Å². The Morgan fingerprint density at radius 2 is 2.06 bits per heavy atom. The van der Waals surface area contributed by atoms with Crippen molar-refractivity contribution in [2.24, 2.45) is 0 Å². The van der Waals surface area contributed by atoms with Gasteiger partial charge in [-0.15, -0.1) is 0 Å². The molecule has 1 heterocycles. The van der Waals surface area contributed by atoms with E-state index in [2.05, 4.69) is 17.3 Å². The first kappa shape index (κ1) is 14.2. The first-order valence-corrected chi connectivity index (χ1v) is 8.01. The van der Waals surface area contributed by atoms with Crippen LogP contribution in [-0.4, -0.2) is 23.3 Å². The van der Waals surface area contributed by atoms with Crippen LogP contribution in [0.5, 0.6) is 0 Å². The molecule has 0 aromatic carbocycles. The van der Waals surface area contributed by atoms with Crippen LogP contribution in [0.4, 0.5) is 0 Å². The van der Waals surface area contributed by atoms with Gasteiger partial charge in [-0.1, -0.05) is 49.0 Å². The van der Waals surface area contributed by atoms with Gasteiger partial charge in [0, 0.05) is 17.5 Å². The second kappa shape index (κ2) is 7.37. The third-order valence-electron chi connectivity index (χ3n) is 3.56. The summed E-state index contributed by atoms with van der Waals surface area (Å²) in [5.74, 6) is 0. The molecule has 100 valence electrons. The molecule has 1 saturated carbocycles. The molecule has 4 heteroatoms. The molecule has 0 amide bonds. The quantitative estimate of drug-likeness (QED) is 0.903. The van der Waals surface area contributed by atoms with Crippen LogP contribution in [0.15, 0.2) is 23.4 Å². The predicted octanol–water partition coefficient (Wildman–Crippen LogP) is 4.14. The van der Waals surface area contributed by atoms with Crippen LogP contribution >= 0.6 is 23.4 Å². The van der Waals surface area contributed by atoms with E-state index in [1.807, 2.05) is 30.1 Å². The standard InChI is InChI=1S/C14H21ClN2S/c1-16-12-8-4-2-3-5-9-13(12)18-14-11(15)7-6-10-17-14/h6-7,10,12-13,16H,2-5,8-9H2,1H3. The van der Waals surface area contributed by atoms with Crippen LogP contribution in [0.2, 0.25) is 5.02 Å². The largest absolute Gasteiger partial charge is 0.316 e. The van der Waals surface area contributed by atoms with Gasteiger partial charge in [0.1, 0.15) is 5.03 Å². The van der Waals surface area contributed by atoms with Crippen LogP contribution in [0.1, 0.15) is 38.5 Å². The molecule has 1 aromatic rings. The number of rotatable bonds is 3. The molecular formula is C14H21ClN2S. The summed E-state index contributed by atoms with van der Waals surface area (Å²) >= 11 is 8.04. The van der Waals surface area contributed by atoms with Crippen LogP contribution < -0.4 is 5.32 Å². The number of nitrogens with one attached hydrogen (secondary N) is 1. The minimum absolute atomic E-state index is 0.577. The second-order valence-corrected chi connectivity index (χ2v) is 6.47. The zero-order chi connectivity index (χ0) is 12.8. The van der Waals surface area contributed by atoms with Gasteiger partial charge < -0.3 is 5.32 Å². The Hall–Kier alpha value is -0.250. The van der Waals surface area contributed by atoms with Gasteiger partial charge in [0.2, 0.25) is 0 Å². The Bertz CT molecular complexity index is 373. The molecule has 2 unspecified atom stereocenters. The maximum atomic E-state index is 6.20. The van der Waals surface area contributed by atoms with E-state index in [1.165, 1.54) is 38.5 Å². The lowest BCUT2D eigenvalue weighted by Gasteiger charge is -2.28. The number of thioether (sulfide) groups is 1. The van der Waals surface area contributed by atoms with Gasteiger partial charge in [0.15, 0.2) is 0 Å². The van der Waals surface area contributed by atoms with E-state index in [4.69, 9.17) is 11.6 Å². The minimum Gasteiger partial charge on any atom is -0.316 e. The maximum absolute atomic E-state index is 6.20. The third kappa shape index (κ3) is 3.87. The van der Waals surface area contributed by atoms with E-state index >= 15 is 0 Å². The Labute approximate surface area is 119 Å². The van der Waals surface area contributed by atoms with Crippen molar-refractivity contribution in [2.75, 3.05) is 7.05 Å². The molecule has 0 bridgehead atoms. The van der Waals surface area contributed by atoms with Crippen molar-refractivity contribution in [1.29, 1.82) is 0 Å². The van der Waals surface area contributed by atoms with Crippen LogP contribution in [0.3, 0.4) is 0 Å². The monoisotopic (exact) mass is 284 g/mol. The lowest BCUT2D eigenvalue weighted by atomic mass is 9.96. The van der Waals surface area contributed by atoms with Gasteiger partial charge in [-0.25, -0.2) is 4.98 Å². The number of pyridine rings is 1. The lowest BCUT2D eigenvalue weighted by molar-refractivity contribution is 0.420. The Kier molecular flexibility index (Phi) is 5.80. The Balaban J connectivity index is 2.06. The number of hydrogen-bond donors (Lipinski definition) is 1. The fourth-order valence-electron chi connectivity index (χ4n) is 2.52. The molecule has 1 fully saturated rings. The molecule has 0 saturated heterocycles. The summed E-state index contributed by atoms with van der Waals surface area (Å²) in [6.07, 6.45) is 9.73. The molecule has 1 aliphatic rings. The van der Waals surface area contributed by atoms with Gasteiger partial charge in [-0.3, -0.25) is 0 Å². The first-order valence-electron chi connectivity index (χ1n) is 6.75. The normalized spacial score (nSPS) is 25.4. The lowest BCUT2D eigenvalue weighted by Crippen LogP contribution is -2.36. The van der Waals surface area contributed by atoms with Gasteiger partial charge in [0.05, 0.1) is 5.02 Å². The first-order chi connectivity index (χ1) is 8.81. The molecule has 2 nitrogen and oxygen atoms in total. The van der Waals surface area contributed by atoms with E-state index in [0.29, 0.717) is 11.3 Å². The van der Waals surface area contributed by atoms with E-state index in [0.717, 1.165) is 10.0 Å².